The Morgan fingerprint density at radius 1 is 1.31 bits per heavy atom. The number of nitrogens with one attached hydrogen (secondary N) is 1. The van der Waals surface area contributed by atoms with Crippen LogP contribution >= 0.6 is 0 Å². The van der Waals surface area contributed by atoms with E-state index in [2.05, 4.69) is 10.2 Å². The van der Waals surface area contributed by atoms with E-state index in [9.17, 15) is 4.39 Å². The molecule has 0 aliphatic rings. The topological polar surface area (TPSA) is 54.7 Å². The standard InChI is InChI=1S/C12H14FN3/c1-7(2)10-11(15-16-12(10)14)8-5-3-4-6-9(8)13/h3-7H,1-2H3,(H3,14,15,16). The monoisotopic (exact) mass is 219 g/mol. The zero-order chi connectivity index (χ0) is 11.7. The number of anilines is 1. The van der Waals surface area contributed by atoms with Crippen LogP contribution in [0.3, 0.4) is 0 Å². The molecule has 4 heteroatoms. The first-order chi connectivity index (χ1) is 7.61. The van der Waals surface area contributed by atoms with Crippen molar-refractivity contribution in [3.8, 4) is 11.3 Å². The first-order valence-corrected chi connectivity index (χ1v) is 5.20. The highest BCUT2D eigenvalue weighted by atomic mass is 19.1. The number of H-pyrrole nitrogens is 1. The molecule has 1 aromatic carbocycles. The Morgan fingerprint density at radius 2 is 2.00 bits per heavy atom. The van der Waals surface area contributed by atoms with Gasteiger partial charge in [-0.1, -0.05) is 26.0 Å². The number of aromatic amines is 1. The van der Waals surface area contributed by atoms with Gasteiger partial charge in [0.05, 0.1) is 5.69 Å². The van der Waals surface area contributed by atoms with Gasteiger partial charge in [-0.3, -0.25) is 5.10 Å². The third-order valence-electron chi connectivity index (χ3n) is 2.55. The van der Waals surface area contributed by atoms with Crippen molar-refractivity contribution in [1.82, 2.24) is 10.2 Å². The SMILES string of the molecule is CC(C)c1c(N)n[nH]c1-c1ccccc1F. The summed E-state index contributed by atoms with van der Waals surface area (Å²) in [6.45, 7) is 4.01. The van der Waals surface area contributed by atoms with Crippen LogP contribution in [0.15, 0.2) is 24.3 Å². The molecule has 0 aliphatic carbocycles. The summed E-state index contributed by atoms with van der Waals surface area (Å²) < 4.78 is 13.6. The molecule has 0 spiro atoms. The fourth-order valence-electron chi connectivity index (χ4n) is 1.82. The zero-order valence-corrected chi connectivity index (χ0v) is 9.29. The fraction of sp³-hybridized carbons (Fsp3) is 0.250. The van der Waals surface area contributed by atoms with Gasteiger partial charge in [-0.2, -0.15) is 5.10 Å². The molecule has 16 heavy (non-hydrogen) atoms. The molecule has 0 amide bonds. The van der Waals surface area contributed by atoms with Crippen molar-refractivity contribution < 1.29 is 4.39 Å². The van der Waals surface area contributed by atoms with Crippen LogP contribution in [0.1, 0.15) is 25.3 Å². The van der Waals surface area contributed by atoms with E-state index >= 15 is 0 Å². The predicted molar refractivity (Wildman–Crippen MR) is 62.5 cm³/mol. The van der Waals surface area contributed by atoms with Crippen LogP contribution in [0.2, 0.25) is 0 Å². The van der Waals surface area contributed by atoms with Gasteiger partial charge in [0.2, 0.25) is 0 Å². The average Bonchev–Trinajstić information content (AvgIpc) is 2.61. The van der Waals surface area contributed by atoms with Gasteiger partial charge in [0.15, 0.2) is 0 Å². The molecule has 0 fully saturated rings. The zero-order valence-electron chi connectivity index (χ0n) is 9.29. The molecule has 0 unspecified atom stereocenters. The second-order valence-electron chi connectivity index (χ2n) is 4.03. The molecule has 0 saturated heterocycles. The first-order valence-electron chi connectivity index (χ1n) is 5.20. The van der Waals surface area contributed by atoms with Gasteiger partial charge in [-0.25, -0.2) is 4.39 Å². The van der Waals surface area contributed by atoms with Gasteiger partial charge in [-0.15, -0.1) is 0 Å². The summed E-state index contributed by atoms with van der Waals surface area (Å²) in [5, 5.41) is 6.74. The molecule has 0 bridgehead atoms. The number of hydrogen-bond donors (Lipinski definition) is 2. The van der Waals surface area contributed by atoms with E-state index in [-0.39, 0.29) is 11.7 Å². The summed E-state index contributed by atoms with van der Waals surface area (Å²) in [7, 11) is 0. The number of nitrogens with two attached hydrogens (primary N) is 1. The number of nitrogens with zero attached hydrogens (tertiary/aromatic N) is 1. The minimum atomic E-state index is -0.270. The van der Waals surface area contributed by atoms with E-state index in [1.807, 2.05) is 13.8 Å². The van der Waals surface area contributed by atoms with Crippen LogP contribution in [-0.2, 0) is 0 Å². The van der Waals surface area contributed by atoms with E-state index in [1.54, 1.807) is 18.2 Å². The van der Waals surface area contributed by atoms with Crippen molar-refractivity contribution in [3.05, 3.63) is 35.6 Å². The molecule has 0 atom stereocenters. The molecule has 3 nitrogen and oxygen atoms in total. The van der Waals surface area contributed by atoms with Crippen LogP contribution < -0.4 is 5.73 Å². The van der Waals surface area contributed by atoms with Crippen LogP contribution in [0.5, 0.6) is 0 Å². The van der Waals surface area contributed by atoms with Crippen molar-refractivity contribution in [2.75, 3.05) is 5.73 Å². The maximum absolute atomic E-state index is 13.6. The van der Waals surface area contributed by atoms with Gasteiger partial charge >= 0.3 is 0 Å². The summed E-state index contributed by atoms with van der Waals surface area (Å²) in [4.78, 5) is 0. The third kappa shape index (κ3) is 1.66. The molecular formula is C12H14FN3. The van der Waals surface area contributed by atoms with Crippen molar-refractivity contribution >= 4 is 5.82 Å². The van der Waals surface area contributed by atoms with Crippen molar-refractivity contribution in [3.63, 3.8) is 0 Å². The van der Waals surface area contributed by atoms with E-state index in [4.69, 9.17) is 5.73 Å². The van der Waals surface area contributed by atoms with E-state index in [0.29, 0.717) is 17.1 Å². The van der Waals surface area contributed by atoms with Crippen molar-refractivity contribution in [1.29, 1.82) is 0 Å². The molecule has 2 aromatic rings. The average molecular weight is 219 g/mol. The molecule has 1 aromatic heterocycles. The quantitative estimate of drug-likeness (QED) is 0.815. The van der Waals surface area contributed by atoms with E-state index < -0.39 is 0 Å². The first kappa shape index (κ1) is 10.7. The van der Waals surface area contributed by atoms with Gasteiger partial charge < -0.3 is 5.73 Å². The van der Waals surface area contributed by atoms with Gasteiger partial charge in [0.25, 0.3) is 0 Å². The predicted octanol–water partition coefficient (Wildman–Crippen LogP) is 2.92. The van der Waals surface area contributed by atoms with Crippen LogP contribution in [0.25, 0.3) is 11.3 Å². The molecule has 1 heterocycles. The summed E-state index contributed by atoms with van der Waals surface area (Å²) in [5.41, 5.74) is 7.81. The smallest absolute Gasteiger partial charge is 0.149 e. The maximum Gasteiger partial charge on any atom is 0.149 e. The Bertz CT molecular complexity index is 503. The number of hydrogen-bond acceptors (Lipinski definition) is 2. The number of halogens is 1. The Labute approximate surface area is 93.5 Å². The normalized spacial score (nSPS) is 11.0. The minimum absolute atomic E-state index is 0.202. The number of benzene rings is 1. The highest BCUT2D eigenvalue weighted by molar-refractivity contribution is 5.69. The number of rotatable bonds is 2. The summed E-state index contributed by atoms with van der Waals surface area (Å²) in [5.74, 6) is 0.370. The molecule has 84 valence electrons. The van der Waals surface area contributed by atoms with Crippen molar-refractivity contribution in [2.24, 2.45) is 0 Å². The van der Waals surface area contributed by atoms with Crippen LogP contribution in [-0.4, -0.2) is 10.2 Å². The van der Waals surface area contributed by atoms with E-state index in [0.717, 1.165) is 5.56 Å². The highest BCUT2D eigenvalue weighted by Crippen LogP contribution is 2.32. The summed E-state index contributed by atoms with van der Waals surface area (Å²) in [6.07, 6.45) is 0. The third-order valence-corrected chi connectivity index (χ3v) is 2.55. The van der Waals surface area contributed by atoms with E-state index in [1.165, 1.54) is 6.07 Å². The summed E-state index contributed by atoms with van der Waals surface area (Å²) >= 11 is 0. The summed E-state index contributed by atoms with van der Waals surface area (Å²) in [6, 6.07) is 6.60. The lowest BCUT2D eigenvalue weighted by Gasteiger charge is -2.07. The molecule has 0 aliphatic heterocycles. The lowest BCUT2D eigenvalue weighted by Crippen LogP contribution is -1.96. The maximum atomic E-state index is 13.6. The number of aromatic nitrogens is 2. The minimum Gasteiger partial charge on any atom is -0.382 e. The fourth-order valence-corrected chi connectivity index (χ4v) is 1.82. The van der Waals surface area contributed by atoms with Gasteiger partial charge in [-0.05, 0) is 18.1 Å². The van der Waals surface area contributed by atoms with Crippen molar-refractivity contribution in [2.45, 2.75) is 19.8 Å². The molecule has 2 rings (SSSR count). The molecular weight excluding hydrogens is 205 g/mol. The van der Waals surface area contributed by atoms with Gasteiger partial charge in [0, 0.05) is 11.1 Å². The second kappa shape index (κ2) is 3.96. The largest absolute Gasteiger partial charge is 0.382 e. The lowest BCUT2D eigenvalue weighted by atomic mass is 9.98. The number of nitrogen functional groups attached to an aromatic ring is 1. The Balaban J connectivity index is 2.61. The molecule has 0 saturated carbocycles. The highest BCUT2D eigenvalue weighted by Gasteiger charge is 2.17. The lowest BCUT2D eigenvalue weighted by molar-refractivity contribution is 0.630. The van der Waals surface area contributed by atoms with Crippen LogP contribution in [0, 0.1) is 5.82 Å². The Kier molecular flexibility index (Phi) is 2.64. The Morgan fingerprint density at radius 3 is 2.62 bits per heavy atom. The molecule has 3 N–H and O–H groups in total. The van der Waals surface area contributed by atoms with Crippen LogP contribution in [0.4, 0.5) is 10.2 Å². The second-order valence-corrected chi connectivity index (χ2v) is 4.03. The molecule has 0 radical (unpaired) electrons. The van der Waals surface area contributed by atoms with Gasteiger partial charge in [0.1, 0.15) is 11.6 Å². The Hall–Kier alpha value is -1.84.